The number of benzene rings is 2. The largest absolute Gasteiger partial charge is 0.324 e. The van der Waals surface area contributed by atoms with Gasteiger partial charge in [0.1, 0.15) is 6.07 Å². The molecule has 0 spiro atoms. The average Bonchev–Trinajstić information content (AvgIpc) is 2.60. The lowest BCUT2D eigenvalue weighted by Gasteiger charge is -2.23. The van der Waals surface area contributed by atoms with Gasteiger partial charge >= 0.3 is 0 Å². The van der Waals surface area contributed by atoms with E-state index in [0.717, 1.165) is 9.87 Å². The van der Waals surface area contributed by atoms with E-state index in [9.17, 15) is 13.2 Å². The molecular weight excluding hydrogens is 374 g/mol. The quantitative estimate of drug-likeness (QED) is 0.726. The number of rotatable bonds is 7. The van der Waals surface area contributed by atoms with Gasteiger partial charge in [0.15, 0.2) is 0 Å². The lowest BCUT2D eigenvalue weighted by atomic mass is 10.1. The third kappa shape index (κ3) is 4.66. The molecule has 0 aliphatic carbocycles. The highest BCUT2D eigenvalue weighted by molar-refractivity contribution is 7.89. The molecule has 0 atom stereocenters. The molecule has 0 saturated carbocycles. The number of amides is 1. The van der Waals surface area contributed by atoms with E-state index in [2.05, 4.69) is 11.9 Å². The van der Waals surface area contributed by atoms with E-state index in [0.29, 0.717) is 22.4 Å². The lowest BCUT2D eigenvalue weighted by Crippen LogP contribution is -2.38. The Kier molecular flexibility index (Phi) is 6.73. The van der Waals surface area contributed by atoms with Gasteiger partial charge in [0.25, 0.3) is 0 Å². The Labute approximate surface area is 166 Å². The molecule has 1 N–H and O–H groups in total. The van der Waals surface area contributed by atoms with Crippen molar-refractivity contribution >= 4 is 21.6 Å². The summed E-state index contributed by atoms with van der Waals surface area (Å²) in [6, 6.07) is 12.1. The maximum absolute atomic E-state index is 13.2. The van der Waals surface area contributed by atoms with Crippen LogP contribution in [0.5, 0.6) is 0 Å². The summed E-state index contributed by atoms with van der Waals surface area (Å²) in [5, 5.41) is 11.7. The molecule has 6 nitrogen and oxygen atoms in total. The molecular formula is C21H23N3O3S. The molecule has 2 rings (SSSR count). The number of nitrogens with one attached hydrogen (secondary N) is 1. The number of nitrogens with zero attached hydrogens (tertiary/aromatic N) is 2. The Morgan fingerprint density at radius 3 is 2.39 bits per heavy atom. The van der Waals surface area contributed by atoms with Crippen molar-refractivity contribution in [2.45, 2.75) is 25.7 Å². The van der Waals surface area contributed by atoms with Crippen LogP contribution in [0.2, 0.25) is 0 Å². The van der Waals surface area contributed by atoms with Gasteiger partial charge in [0, 0.05) is 6.54 Å². The van der Waals surface area contributed by atoms with Crippen molar-refractivity contribution in [1.82, 2.24) is 4.31 Å². The molecule has 7 heteroatoms. The van der Waals surface area contributed by atoms with Gasteiger partial charge in [-0.05, 0) is 44.0 Å². The molecule has 2 aromatic rings. The molecule has 0 aliphatic heterocycles. The zero-order chi connectivity index (χ0) is 20.9. The van der Waals surface area contributed by atoms with Crippen molar-refractivity contribution in [3.63, 3.8) is 0 Å². The van der Waals surface area contributed by atoms with E-state index >= 15 is 0 Å². The van der Waals surface area contributed by atoms with Crippen LogP contribution in [-0.2, 0) is 14.8 Å². The zero-order valence-corrected chi connectivity index (χ0v) is 17.0. The van der Waals surface area contributed by atoms with Crippen LogP contribution in [0.1, 0.15) is 22.3 Å². The predicted molar refractivity (Wildman–Crippen MR) is 109 cm³/mol. The number of anilines is 1. The molecule has 0 unspecified atom stereocenters. The van der Waals surface area contributed by atoms with Crippen LogP contribution in [0.4, 0.5) is 5.69 Å². The smallest absolute Gasteiger partial charge is 0.244 e. The first kappa shape index (κ1) is 21.4. The highest BCUT2D eigenvalue weighted by Crippen LogP contribution is 2.25. The molecule has 28 heavy (non-hydrogen) atoms. The second-order valence-corrected chi connectivity index (χ2v) is 8.39. The van der Waals surface area contributed by atoms with Crippen molar-refractivity contribution < 1.29 is 13.2 Å². The monoisotopic (exact) mass is 397 g/mol. The van der Waals surface area contributed by atoms with Crippen LogP contribution in [0, 0.1) is 32.1 Å². The summed E-state index contributed by atoms with van der Waals surface area (Å²) in [5.41, 5.74) is 2.87. The van der Waals surface area contributed by atoms with Crippen LogP contribution in [0.25, 0.3) is 0 Å². The summed E-state index contributed by atoms with van der Waals surface area (Å²) in [4.78, 5) is 12.7. The van der Waals surface area contributed by atoms with Crippen molar-refractivity contribution in [1.29, 1.82) is 5.26 Å². The SMILES string of the molecule is C=CCN(CC(=O)Nc1ccccc1C#N)S(=O)(=O)c1c(C)cc(C)cc1C. The summed E-state index contributed by atoms with van der Waals surface area (Å²) in [7, 11) is -3.91. The Bertz CT molecular complexity index is 1030. The number of para-hydroxylation sites is 1. The number of aryl methyl sites for hydroxylation is 3. The number of nitriles is 1. The summed E-state index contributed by atoms with van der Waals surface area (Å²) >= 11 is 0. The predicted octanol–water partition coefficient (Wildman–Crippen LogP) is 3.30. The minimum Gasteiger partial charge on any atom is -0.324 e. The van der Waals surface area contributed by atoms with Crippen LogP contribution >= 0.6 is 0 Å². The highest BCUT2D eigenvalue weighted by Gasteiger charge is 2.29. The third-order valence-electron chi connectivity index (χ3n) is 4.18. The molecule has 1 amide bonds. The topological polar surface area (TPSA) is 90.3 Å². The normalized spacial score (nSPS) is 11.1. The fourth-order valence-corrected chi connectivity index (χ4v) is 4.91. The van der Waals surface area contributed by atoms with Gasteiger partial charge in [-0.1, -0.05) is 35.9 Å². The van der Waals surface area contributed by atoms with Crippen molar-refractivity contribution in [3.05, 3.63) is 71.3 Å². The van der Waals surface area contributed by atoms with E-state index in [-0.39, 0.29) is 18.0 Å². The third-order valence-corrected chi connectivity index (χ3v) is 6.29. The summed E-state index contributed by atoms with van der Waals surface area (Å²) in [5.74, 6) is -0.532. The number of sulfonamides is 1. The zero-order valence-electron chi connectivity index (χ0n) is 16.2. The molecule has 0 heterocycles. The standard InChI is InChI=1S/C21H23N3O3S/c1-5-10-24(14-20(25)23-19-9-7-6-8-18(19)13-22)28(26,27)21-16(3)11-15(2)12-17(21)4/h5-9,11-12H,1,10,14H2,2-4H3,(H,23,25). The first-order chi connectivity index (χ1) is 13.2. The van der Waals surface area contributed by atoms with Crippen LogP contribution in [0.3, 0.4) is 0 Å². The summed E-state index contributed by atoms with van der Waals surface area (Å²) < 4.78 is 27.5. The van der Waals surface area contributed by atoms with Gasteiger partial charge in [-0.25, -0.2) is 8.42 Å². The Hall–Kier alpha value is -2.95. The van der Waals surface area contributed by atoms with E-state index < -0.39 is 15.9 Å². The van der Waals surface area contributed by atoms with E-state index in [1.165, 1.54) is 6.08 Å². The summed E-state index contributed by atoms with van der Waals surface area (Å²) in [6.07, 6.45) is 1.44. The summed E-state index contributed by atoms with van der Waals surface area (Å²) in [6.45, 7) is 8.58. The molecule has 0 fully saturated rings. The molecule has 2 aromatic carbocycles. The lowest BCUT2D eigenvalue weighted by molar-refractivity contribution is -0.116. The molecule has 0 radical (unpaired) electrons. The van der Waals surface area contributed by atoms with Crippen LogP contribution in [0.15, 0.2) is 53.9 Å². The molecule has 0 bridgehead atoms. The average molecular weight is 398 g/mol. The molecule has 0 aliphatic rings. The van der Waals surface area contributed by atoms with Gasteiger partial charge in [-0.15, -0.1) is 6.58 Å². The van der Waals surface area contributed by atoms with Crippen LogP contribution in [-0.4, -0.2) is 31.7 Å². The maximum atomic E-state index is 13.2. The van der Waals surface area contributed by atoms with Gasteiger partial charge in [-0.2, -0.15) is 9.57 Å². The molecule has 0 aromatic heterocycles. The second-order valence-electron chi connectivity index (χ2n) is 6.52. The second kappa shape index (κ2) is 8.83. The van der Waals surface area contributed by atoms with Crippen LogP contribution < -0.4 is 5.32 Å². The van der Waals surface area contributed by atoms with E-state index in [4.69, 9.17) is 5.26 Å². The Morgan fingerprint density at radius 1 is 1.21 bits per heavy atom. The fourth-order valence-electron chi connectivity index (χ4n) is 3.13. The van der Waals surface area contributed by atoms with Gasteiger partial charge < -0.3 is 5.32 Å². The fraction of sp³-hybridized carbons (Fsp3) is 0.238. The van der Waals surface area contributed by atoms with Gasteiger partial charge in [-0.3, -0.25) is 4.79 Å². The van der Waals surface area contributed by atoms with E-state index in [1.54, 1.807) is 50.2 Å². The molecule has 0 saturated heterocycles. The minimum atomic E-state index is -3.91. The van der Waals surface area contributed by atoms with Gasteiger partial charge in [0.2, 0.25) is 15.9 Å². The van der Waals surface area contributed by atoms with Crippen molar-refractivity contribution in [3.8, 4) is 6.07 Å². The van der Waals surface area contributed by atoms with Crippen molar-refractivity contribution in [2.24, 2.45) is 0 Å². The number of hydrogen-bond donors (Lipinski definition) is 1. The number of carbonyl (C=O) groups excluding carboxylic acids is 1. The molecule has 146 valence electrons. The Balaban J connectivity index is 2.34. The first-order valence-corrected chi connectivity index (χ1v) is 10.1. The first-order valence-electron chi connectivity index (χ1n) is 8.68. The maximum Gasteiger partial charge on any atom is 0.244 e. The van der Waals surface area contributed by atoms with Crippen molar-refractivity contribution in [2.75, 3.05) is 18.4 Å². The minimum absolute atomic E-state index is 0.0115. The highest BCUT2D eigenvalue weighted by atomic mass is 32.2. The number of carbonyl (C=O) groups is 1. The Morgan fingerprint density at radius 2 is 1.82 bits per heavy atom. The van der Waals surface area contributed by atoms with E-state index in [1.807, 2.05) is 13.0 Å². The number of hydrogen-bond acceptors (Lipinski definition) is 4. The van der Waals surface area contributed by atoms with Gasteiger partial charge in [0.05, 0.1) is 22.7 Å².